The van der Waals surface area contributed by atoms with Gasteiger partial charge >= 0.3 is 6.18 Å². The number of rotatable bonds is 8. The van der Waals surface area contributed by atoms with Crippen LogP contribution in [-0.4, -0.2) is 48.9 Å². The molecule has 0 spiro atoms. The van der Waals surface area contributed by atoms with E-state index in [4.69, 9.17) is 9.73 Å². The van der Waals surface area contributed by atoms with Crippen molar-refractivity contribution in [2.75, 3.05) is 19.1 Å². The number of methoxy groups -OCH3 is 1. The number of aryl methyl sites for hydroxylation is 1. The van der Waals surface area contributed by atoms with E-state index >= 15 is 0 Å². The molecule has 1 saturated carbocycles. The predicted molar refractivity (Wildman–Crippen MR) is 134 cm³/mol. The lowest BCUT2D eigenvalue weighted by molar-refractivity contribution is -0.140. The van der Waals surface area contributed by atoms with Crippen molar-refractivity contribution in [3.05, 3.63) is 71.1 Å². The molecule has 4 aromatic rings. The average Bonchev–Trinajstić information content (AvgIpc) is 3.58. The number of aliphatic imine (C=N–C) groups is 1. The molecule has 9 nitrogen and oxygen atoms in total. The van der Waals surface area contributed by atoms with Gasteiger partial charge in [0.25, 0.3) is 0 Å². The topological polar surface area (TPSA) is 95.0 Å². The Kier molecular flexibility index (Phi) is 6.28. The zero-order chi connectivity index (χ0) is 27.1. The van der Waals surface area contributed by atoms with Crippen molar-refractivity contribution in [1.82, 2.24) is 29.3 Å². The molecule has 3 aromatic heterocycles. The number of alkyl halides is 4. The molecular weight excluding hydrogens is 516 g/mol. The SMILES string of the molecule is COc1ncnc(C2CC2)c1C1=NCc2cnn(Cc3ccc(-c4nc(C(F)(F)F)cn4CCF)cc3)c2N1. The number of imidazole rings is 1. The van der Waals surface area contributed by atoms with E-state index in [2.05, 4.69) is 25.4 Å². The minimum atomic E-state index is -4.61. The summed E-state index contributed by atoms with van der Waals surface area (Å²) in [6.45, 7) is -0.183. The van der Waals surface area contributed by atoms with Crippen molar-refractivity contribution in [3.63, 3.8) is 0 Å². The van der Waals surface area contributed by atoms with Gasteiger partial charge in [0.2, 0.25) is 5.88 Å². The standard InChI is InChI=1S/C26H24F4N8O/c1-39-25-20(21(16-6-7-16)32-14-33-25)22-31-10-18-11-34-38(24(18)36-22)12-15-2-4-17(5-3-15)23-35-19(26(28,29)30)13-37(23)9-8-27/h2-5,11,13-14,16H,6-10,12H2,1H3,(H,31,36). The Morgan fingerprint density at radius 1 is 1.13 bits per heavy atom. The Labute approximate surface area is 220 Å². The first kappa shape index (κ1) is 25.0. The van der Waals surface area contributed by atoms with Crippen LogP contribution in [0.25, 0.3) is 11.4 Å². The molecular formula is C26H24F4N8O. The summed E-state index contributed by atoms with van der Waals surface area (Å²) in [7, 11) is 1.57. The predicted octanol–water partition coefficient (Wildman–Crippen LogP) is 4.83. The zero-order valence-corrected chi connectivity index (χ0v) is 20.9. The maximum atomic E-state index is 13.2. The fraction of sp³-hybridized carbons (Fsp3) is 0.346. The van der Waals surface area contributed by atoms with Crippen molar-refractivity contribution >= 4 is 11.7 Å². The minimum Gasteiger partial charge on any atom is -0.480 e. The van der Waals surface area contributed by atoms with E-state index in [9.17, 15) is 17.6 Å². The van der Waals surface area contributed by atoms with Crippen molar-refractivity contribution < 1.29 is 22.3 Å². The molecule has 2 aliphatic rings. The van der Waals surface area contributed by atoms with E-state index in [0.29, 0.717) is 36.3 Å². The fourth-order valence-corrected chi connectivity index (χ4v) is 4.66. The van der Waals surface area contributed by atoms with Crippen LogP contribution in [0.1, 0.15) is 46.8 Å². The molecule has 0 amide bonds. The number of halogens is 4. The number of hydrogen-bond acceptors (Lipinski definition) is 7. The van der Waals surface area contributed by atoms with E-state index in [1.807, 2.05) is 0 Å². The van der Waals surface area contributed by atoms with Gasteiger partial charge in [-0.25, -0.2) is 24.0 Å². The molecule has 202 valence electrons. The molecule has 0 bridgehead atoms. The lowest BCUT2D eigenvalue weighted by Gasteiger charge is -2.20. The normalized spacial score (nSPS) is 15.1. The molecule has 0 atom stereocenters. The molecule has 39 heavy (non-hydrogen) atoms. The van der Waals surface area contributed by atoms with Crippen LogP contribution in [0.2, 0.25) is 0 Å². The Hall–Kier alpha value is -4.29. The summed E-state index contributed by atoms with van der Waals surface area (Å²) in [4.78, 5) is 17.2. The molecule has 6 rings (SSSR count). The van der Waals surface area contributed by atoms with Crippen LogP contribution in [0.4, 0.5) is 23.4 Å². The van der Waals surface area contributed by atoms with E-state index in [1.54, 1.807) is 42.3 Å². The zero-order valence-electron chi connectivity index (χ0n) is 20.9. The lowest BCUT2D eigenvalue weighted by Crippen LogP contribution is -2.24. The third-order valence-corrected chi connectivity index (χ3v) is 6.73. The first-order valence-corrected chi connectivity index (χ1v) is 12.4. The highest BCUT2D eigenvalue weighted by Gasteiger charge is 2.35. The van der Waals surface area contributed by atoms with Gasteiger partial charge in [-0.1, -0.05) is 24.3 Å². The second-order valence-electron chi connectivity index (χ2n) is 9.41. The molecule has 4 heterocycles. The number of amidine groups is 1. The monoisotopic (exact) mass is 540 g/mol. The molecule has 1 aromatic carbocycles. The highest BCUT2D eigenvalue weighted by molar-refractivity contribution is 6.11. The number of nitrogens with one attached hydrogen (secondary N) is 1. The van der Waals surface area contributed by atoms with Gasteiger partial charge in [0.15, 0.2) is 5.69 Å². The summed E-state index contributed by atoms with van der Waals surface area (Å²) >= 11 is 0. The lowest BCUT2D eigenvalue weighted by atomic mass is 10.1. The van der Waals surface area contributed by atoms with Crippen LogP contribution in [0.3, 0.4) is 0 Å². The van der Waals surface area contributed by atoms with Gasteiger partial charge in [-0.15, -0.1) is 0 Å². The molecule has 0 saturated heterocycles. The van der Waals surface area contributed by atoms with Crippen LogP contribution in [0, 0.1) is 0 Å². The number of benzene rings is 1. The van der Waals surface area contributed by atoms with Crippen molar-refractivity contribution in [2.24, 2.45) is 4.99 Å². The Morgan fingerprint density at radius 2 is 1.92 bits per heavy atom. The van der Waals surface area contributed by atoms with Crippen molar-refractivity contribution in [1.29, 1.82) is 0 Å². The van der Waals surface area contributed by atoms with Crippen LogP contribution in [-0.2, 0) is 25.8 Å². The number of ether oxygens (including phenoxy) is 1. The summed E-state index contributed by atoms with van der Waals surface area (Å²) < 4.78 is 61.0. The smallest absolute Gasteiger partial charge is 0.434 e. The maximum Gasteiger partial charge on any atom is 0.434 e. The number of anilines is 1. The van der Waals surface area contributed by atoms with Gasteiger partial charge in [-0.3, -0.25) is 4.99 Å². The average molecular weight is 541 g/mol. The van der Waals surface area contributed by atoms with Crippen LogP contribution < -0.4 is 10.1 Å². The molecule has 0 radical (unpaired) electrons. The van der Waals surface area contributed by atoms with Gasteiger partial charge in [0.05, 0.1) is 38.6 Å². The number of aromatic nitrogens is 6. The summed E-state index contributed by atoms with van der Waals surface area (Å²) in [6.07, 6.45) is 1.61. The van der Waals surface area contributed by atoms with Crippen LogP contribution in [0.5, 0.6) is 5.88 Å². The Morgan fingerprint density at radius 3 is 2.62 bits per heavy atom. The van der Waals surface area contributed by atoms with E-state index in [-0.39, 0.29) is 12.4 Å². The molecule has 1 aliphatic carbocycles. The molecule has 1 fully saturated rings. The van der Waals surface area contributed by atoms with Crippen molar-refractivity contribution in [3.8, 4) is 17.3 Å². The maximum absolute atomic E-state index is 13.2. The van der Waals surface area contributed by atoms with Gasteiger partial charge in [-0.2, -0.15) is 18.3 Å². The largest absolute Gasteiger partial charge is 0.480 e. The van der Waals surface area contributed by atoms with Gasteiger partial charge in [0, 0.05) is 23.2 Å². The third kappa shape index (κ3) is 4.84. The second-order valence-corrected chi connectivity index (χ2v) is 9.41. The Bertz CT molecular complexity index is 1540. The molecule has 13 heteroatoms. The number of fused-ring (bicyclic) bond motifs is 1. The van der Waals surface area contributed by atoms with Gasteiger partial charge < -0.3 is 14.6 Å². The highest BCUT2D eigenvalue weighted by Crippen LogP contribution is 2.42. The summed E-state index contributed by atoms with van der Waals surface area (Å²) in [5.74, 6) is 2.29. The number of hydrogen-bond donors (Lipinski definition) is 1. The fourth-order valence-electron chi connectivity index (χ4n) is 4.66. The Balaban J connectivity index is 1.24. The van der Waals surface area contributed by atoms with Gasteiger partial charge in [-0.05, 0) is 18.4 Å². The van der Waals surface area contributed by atoms with Crippen LogP contribution >= 0.6 is 0 Å². The molecule has 1 aliphatic heterocycles. The highest BCUT2D eigenvalue weighted by atomic mass is 19.4. The van der Waals surface area contributed by atoms with Crippen molar-refractivity contribution in [2.45, 2.75) is 44.6 Å². The van der Waals surface area contributed by atoms with Crippen LogP contribution in [0.15, 0.2) is 48.0 Å². The third-order valence-electron chi connectivity index (χ3n) is 6.73. The first-order chi connectivity index (χ1) is 18.9. The van der Waals surface area contributed by atoms with E-state index in [1.165, 1.54) is 10.9 Å². The number of nitrogens with zero attached hydrogens (tertiary/aromatic N) is 7. The first-order valence-electron chi connectivity index (χ1n) is 12.4. The minimum absolute atomic E-state index is 0.0657. The molecule has 0 unspecified atom stereocenters. The molecule has 1 N–H and O–H groups in total. The summed E-state index contributed by atoms with van der Waals surface area (Å²) in [5.41, 5.74) is 2.88. The summed E-state index contributed by atoms with van der Waals surface area (Å²) in [6, 6.07) is 6.94. The van der Waals surface area contributed by atoms with Gasteiger partial charge in [0.1, 0.15) is 36.0 Å². The second kappa shape index (κ2) is 9.79. The quantitative estimate of drug-likeness (QED) is 0.322. The van der Waals surface area contributed by atoms with E-state index in [0.717, 1.165) is 47.2 Å². The summed E-state index contributed by atoms with van der Waals surface area (Å²) in [5, 5.41) is 7.91. The van der Waals surface area contributed by atoms with E-state index < -0.39 is 18.5 Å².